The molecule has 0 spiro atoms. The van der Waals surface area contributed by atoms with Gasteiger partial charge in [-0.15, -0.1) is 23.7 Å². The molecule has 120 valence electrons. The Kier molecular flexibility index (Phi) is 8.09. The van der Waals surface area contributed by atoms with E-state index in [1.54, 1.807) is 0 Å². The fourth-order valence-corrected chi connectivity index (χ4v) is 2.89. The van der Waals surface area contributed by atoms with Crippen molar-refractivity contribution < 1.29 is 4.79 Å². The Morgan fingerprint density at radius 1 is 1.32 bits per heavy atom. The van der Waals surface area contributed by atoms with Crippen molar-refractivity contribution in [2.24, 2.45) is 0 Å². The van der Waals surface area contributed by atoms with Crippen LogP contribution in [0.15, 0.2) is 30.5 Å². The summed E-state index contributed by atoms with van der Waals surface area (Å²) in [5, 5.41) is 6.47. The van der Waals surface area contributed by atoms with E-state index >= 15 is 0 Å². The second-order valence-corrected chi connectivity index (χ2v) is 6.00. The van der Waals surface area contributed by atoms with Gasteiger partial charge >= 0.3 is 0 Å². The summed E-state index contributed by atoms with van der Waals surface area (Å²) in [7, 11) is 1.83. The number of carbonyl (C=O) groups is 1. The van der Waals surface area contributed by atoms with Crippen LogP contribution >= 0.6 is 23.7 Å². The fraction of sp³-hybridized carbons (Fsp3) is 0.375. The van der Waals surface area contributed by atoms with Crippen LogP contribution in [-0.2, 0) is 17.6 Å². The first-order chi connectivity index (χ1) is 10.2. The van der Waals surface area contributed by atoms with Gasteiger partial charge in [0.25, 0.3) is 0 Å². The number of benzene rings is 1. The number of rotatable bonds is 7. The average molecular weight is 340 g/mol. The first-order valence-corrected chi connectivity index (χ1v) is 8.00. The first-order valence-electron chi connectivity index (χ1n) is 7.18. The van der Waals surface area contributed by atoms with Crippen molar-refractivity contribution in [1.29, 1.82) is 0 Å². The highest BCUT2D eigenvalue weighted by Gasteiger charge is 2.07. The zero-order valence-corrected chi connectivity index (χ0v) is 14.5. The molecule has 1 aromatic carbocycles. The molecule has 0 aliphatic carbocycles. The van der Waals surface area contributed by atoms with E-state index in [2.05, 4.69) is 46.8 Å². The Morgan fingerprint density at radius 3 is 2.82 bits per heavy atom. The van der Waals surface area contributed by atoms with Crippen LogP contribution in [0.25, 0.3) is 0 Å². The molecule has 6 heteroatoms. The molecule has 1 aromatic heterocycles. The SMILES string of the molecule is CCc1cccc(Cc2cnc(NC(=O)CCNC)s2)c1.Cl. The third-order valence-corrected chi connectivity index (χ3v) is 4.09. The minimum absolute atomic E-state index is 0. The van der Waals surface area contributed by atoms with Crippen molar-refractivity contribution in [3.63, 3.8) is 0 Å². The number of aryl methyl sites for hydroxylation is 1. The van der Waals surface area contributed by atoms with Gasteiger partial charge in [-0.25, -0.2) is 4.98 Å². The number of aromatic nitrogens is 1. The van der Waals surface area contributed by atoms with Crippen LogP contribution in [0.1, 0.15) is 29.3 Å². The highest BCUT2D eigenvalue weighted by molar-refractivity contribution is 7.15. The Morgan fingerprint density at radius 2 is 2.09 bits per heavy atom. The second kappa shape index (κ2) is 9.56. The van der Waals surface area contributed by atoms with Gasteiger partial charge in [-0.1, -0.05) is 31.2 Å². The molecule has 22 heavy (non-hydrogen) atoms. The number of nitrogens with one attached hydrogen (secondary N) is 2. The lowest BCUT2D eigenvalue weighted by Gasteiger charge is -2.02. The highest BCUT2D eigenvalue weighted by Crippen LogP contribution is 2.21. The molecule has 0 radical (unpaired) electrons. The summed E-state index contributed by atoms with van der Waals surface area (Å²) in [5.41, 5.74) is 2.63. The maximum absolute atomic E-state index is 11.6. The molecule has 0 aliphatic heterocycles. The van der Waals surface area contributed by atoms with Gasteiger partial charge in [0.1, 0.15) is 0 Å². The predicted octanol–water partition coefficient (Wildman–Crippen LogP) is 3.27. The molecule has 0 fully saturated rings. The molecule has 4 nitrogen and oxygen atoms in total. The standard InChI is InChI=1S/C16H21N3OS.ClH/c1-3-12-5-4-6-13(9-12)10-14-11-18-16(21-14)19-15(20)7-8-17-2;/h4-6,9,11,17H,3,7-8,10H2,1-2H3,(H,18,19,20);1H. The van der Waals surface area contributed by atoms with Gasteiger partial charge in [0.05, 0.1) is 0 Å². The second-order valence-electron chi connectivity index (χ2n) is 4.88. The van der Waals surface area contributed by atoms with Crippen LogP contribution in [0.4, 0.5) is 5.13 Å². The van der Waals surface area contributed by atoms with Gasteiger partial charge in [0.15, 0.2) is 5.13 Å². The van der Waals surface area contributed by atoms with Crippen LogP contribution in [0.2, 0.25) is 0 Å². The Balaban J connectivity index is 0.00000242. The van der Waals surface area contributed by atoms with Gasteiger partial charge in [0, 0.05) is 30.5 Å². The summed E-state index contributed by atoms with van der Waals surface area (Å²) in [4.78, 5) is 17.1. The first kappa shape index (κ1) is 18.6. The van der Waals surface area contributed by atoms with E-state index < -0.39 is 0 Å². The Bertz CT molecular complexity index is 601. The van der Waals surface area contributed by atoms with Crippen LogP contribution in [0, 0.1) is 0 Å². The third-order valence-electron chi connectivity index (χ3n) is 3.18. The maximum Gasteiger partial charge on any atom is 0.227 e. The van der Waals surface area contributed by atoms with Crippen LogP contribution in [0.5, 0.6) is 0 Å². The molecule has 0 saturated carbocycles. The minimum atomic E-state index is -0.00164. The summed E-state index contributed by atoms with van der Waals surface area (Å²) in [6, 6.07) is 8.59. The number of hydrogen-bond donors (Lipinski definition) is 2. The van der Waals surface area contributed by atoms with Crippen molar-refractivity contribution >= 4 is 34.8 Å². The molecule has 0 aliphatic rings. The molecule has 0 atom stereocenters. The Labute approximate surface area is 141 Å². The molecule has 0 unspecified atom stereocenters. The van der Waals surface area contributed by atoms with E-state index in [4.69, 9.17) is 0 Å². The summed E-state index contributed by atoms with van der Waals surface area (Å²) < 4.78 is 0. The molecule has 2 N–H and O–H groups in total. The van der Waals surface area contributed by atoms with E-state index in [-0.39, 0.29) is 18.3 Å². The number of hydrogen-bond acceptors (Lipinski definition) is 4. The summed E-state index contributed by atoms with van der Waals surface area (Å²) in [5.74, 6) is -0.00164. The third kappa shape index (κ3) is 5.75. The van der Waals surface area contributed by atoms with E-state index in [1.165, 1.54) is 22.5 Å². The van der Waals surface area contributed by atoms with Crippen LogP contribution in [-0.4, -0.2) is 24.5 Å². The zero-order valence-electron chi connectivity index (χ0n) is 12.9. The predicted molar refractivity (Wildman–Crippen MR) is 95.2 cm³/mol. The number of carbonyl (C=O) groups excluding carboxylic acids is 1. The van der Waals surface area contributed by atoms with Gasteiger partial charge in [-0.3, -0.25) is 4.79 Å². The van der Waals surface area contributed by atoms with Crippen molar-refractivity contribution in [3.05, 3.63) is 46.5 Å². The molecule has 0 saturated heterocycles. The quantitative estimate of drug-likeness (QED) is 0.814. The monoisotopic (exact) mass is 339 g/mol. The van der Waals surface area contributed by atoms with E-state index in [0.29, 0.717) is 18.1 Å². The number of anilines is 1. The lowest BCUT2D eigenvalue weighted by molar-refractivity contribution is -0.116. The van der Waals surface area contributed by atoms with Crippen molar-refractivity contribution in [2.75, 3.05) is 18.9 Å². The number of thiazole rings is 1. The zero-order chi connectivity index (χ0) is 15.1. The molecule has 1 amide bonds. The summed E-state index contributed by atoms with van der Waals surface area (Å²) >= 11 is 1.54. The molecular weight excluding hydrogens is 318 g/mol. The lowest BCUT2D eigenvalue weighted by Crippen LogP contribution is -2.18. The average Bonchev–Trinajstić information content (AvgIpc) is 2.92. The summed E-state index contributed by atoms with van der Waals surface area (Å²) in [6.45, 7) is 2.83. The smallest absolute Gasteiger partial charge is 0.227 e. The van der Waals surface area contributed by atoms with E-state index in [0.717, 1.165) is 17.7 Å². The van der Waals surface area contributed by atoms with Gasteiger partial charge in [-0.05, 0) is 24.6 Å². The van der Waals surface area contributed by atoms with Crippen molar-refractivity contribution in [1.82, 2.24) is 10.3 Å². The van der Waals surface area contributed by atoms with Gasteiger partial charge in [0.2, 0.25) is 5.91 Å². The molecule has 2 rings (SSSR count). The highest BCUT2D eigenvalue weighted by atomic mass is 35.5. The van der Waals surface area contributed by atoms with Gasteiger partial charge in [-0.2, -0.15) is 0 Å². The van der Waals surface area contributed by atoms with E-state index in [9.17, 15) is 4.79 Å². The minimum Gasteiger partial charge on any atom is -0.319 e. The molecule has 1 heterocycles. The van der Waals surface area contributed by atoms with Crippen molar-refractivity contribution in [2.45, 2.75) is 26.2 Å². The number of halogens is 1. The number of amides is 1. The molecule has 2 aromatic rings. The van der Waals surface area contributed by atoms with Gasteiger partial charge < -0.3 is 10.6 Å². The number of nitrogens with zero attached hydrogens (tertiary/aromatic N) is 1. The van der Waals surface area contributed by atoms with Crippen LogP contribution in [0.3, 0.4) is 0 Å². The van der Waals surface area contributed by atoms with E-state index in [1.807, 2.05) is 13.2 Å². The molecule has 0 bridgehead atoms. The Hall–Kier alpha value is -1.43. The summed E-state index contributed by atoms with van der Waals surface area (Å²) in [6.07, 6.45) is 4.21. The largest absolute Gasteiger partial charge is 0.319 e. The molecular formula is C16H22ClN3OS. The topological polar surface area (TPSA) is 54.0 Å². The maximum atomic E-state index is 11.6. The lowest BCUT2D eigenvalue weighted by atomic mass is 10.1. The fourth-order valence-electron chi connectivity index (χ4n) is 2.03. The normalized spacial score (nSPS) is 10.1. The van der Waals surface area contributed by atoms with Crippen molar-refractivity contribution in [3.8, 4) is 0 Å². The van der Waals surface area contributed by atoms with Crippen LogP contribution < -0.4 is 10.6 Å².